The molecule has 0 aliphatic carbocycles. The highest BCUT2D eigenvalue weighted by Gasteiger charge is 2.54. The van der Waals surface area contributed by atoms with Gasteiger partial charge in [-0.2, -0.15) is 13.2 Å². The van der Waals surface area contributed by atoms with Gasteiger partial charge in [-0.3, -0.25) is 0 Å². The monoisotopic (exact) mass is 691 g/mol. The van der Waals surface area contributed by atoms with E-state index in [4.69, 9.17) is 14.5 Å². The van der Waals surface area contributed by atoms with Gasteiger partial charge < -0.3 is 14.4 Å². The SMILES string of the molecule is COc1ccc(CN(Cc2ccc(OC)cc2)C2=N[C@](C)(c3c(F)cc(F)cc3F)[C@@H](c3ccc(C(F)(F)F)cc3)S(=O)(=O)N2C)cc1. The summed E-state index contributed by atoms with van der Waals surface area (Å²) in [6.45, 7) is 1.28. The van der Waals surface area contributed by atoms with Gasteiger partial charge in [-0.15, -0.1) is 0 Å². The van der Waals surface area contributed by atoms with Gasteiger partial charge >= 0.3 is 6.18 Å². The summed E-state index contributed by atoms with van der Waals surface area (Å²) >= 11 is 0. The van der Waals surface area contributed by atoms with Gasteiger partial charge in [0.2, 0.25) is 16.0 Å². The quantitative estimate of drug-likeness (QED) is 0.180. The molecule has 14 heteroatoms. The number of aliphatic imine (C=N–C) groups is 1. The minimum atomic E-state index is -4.73. The number of hydrogen-bond acceptors (Lipinski definition) is 6. The molecule has 0 unspecified atom stereocenters. The van der Waals surface area contributed by atoms with Crippen LogP contribution in [-0.4, -0.2) is 44.8 Å². The number of alkyl halides is 3. The molecule has 4 aromatic rings. The van der Waals surface area contributed by atoms with E-state index >= 15 is 8.78 Å². The standard InChI is InChI=1S/C34H31F6N3O4S/c1-33(30-28(36)17-25(35)18-29(30)37)31(23-9-11-24(12-10-23)34(38,39)40)48(44,45)42(2)32(41-33)43(19-21-5-13-26(46-3)14-6-21)20-22-7-15-27(47-4)16-8-22/h5-18,31H,19-20H2,1-4H3/t31-,33-/m1/s1. The lowest BCUT2D eigenvalue weighted by Crippen LogP contribution is -2.54. The van der Waals surface area contributed by atoms with Crippen LogP contribution < -0.4 is 9.47 Å². The van der Waals surface area contributed by atoms with Crippen molar-refractivity contribution in [2.75, 3.05) is 21.3 Å². The molecule has 0 saturated heterocycles. The summed E-state index contributed by atoms with van der Waals surface area (Å²) in [5.41, 5.74) is -3.06. The first kappa shape index (κ1) is 34.6. The molecule has 0 amide bonds. The second-order valence-corrected chi connectivity index (χ2v) is 13.4. The maximum atomic E-state index is 15.6. The minimum Gasteiger partial charge on any atom is -0.497 e. The first-order chi connectivity index (χ1) is 22.6. The number of ether oxygens (including phenoxy) is 2. The van der Waals surface area contributed by atoms with Gasteiger partial charge in [-0.1, -0.05) is 36.4 Å². The summed E-state index contributed by atoms with van der Waals surface area (Å²) in [6, 6.07) is 17.9. The third-order valence-corrected chi connectivity index (χ3v) is 10.5. The van der Waals surface area contributed by atoms with Crippen molar-refractivity contribution in [2.45, 2.75) is 37.0 Å². The van der Waals surface area contributed by atoms with E-state index in [1.807, 2.05) is 0 Å². The number of benzene rings is 4. The summed E-state index contributed by atoms with van der Waals surface area (Å²) in [6.07, 6.45) is -4.73. The van der Waals surface area contributed by atoms with Crippen molar-refractivity contribution >= 4 is 16.0 Å². The molecule has 0 spiro atoms. The van der Waals surface area contributed by atoms with E-state index < -0.39 is 55.6 Å². The highest BCUT2D eigenvalue weighted by atomic mass is 32.2. The van der Waals surface area contributed by atoms with Crippen LogP contribution in [0, 0.1) is 17.5 Å². The summed E-state index contributed by atoms with van der Waals surface area (Å²) in [5, 5.41) is -1.92. The molecule has 1 aliphatic heterocycles. The third kappa shape index (κ3) is 6.66. The van der Waals surface area contributed by atoms with E-state index in [9.17, 15) is 26.0 Å². The van der Waals surface area contributed by atoms with E-state index in [0.717, 1.165) is 23.4 Å². The fourth-order valence-electron chi connectivity index (χ4n) is 5.82. The zero-order valence-corrected chi connectivity index (χ0v) is 27.0. The molecule has 1 heterocycles. The van der Waals surface area contributed by atoms with Gasteiger partial charge in [0.15, 0.2) is 0 Å². The molecule has 48 heavy (non-hydrogen) atoms. The summed E-state index contributed by atoms with van der Waals surface area (Å²) in [4.78, 5) is 6.30. The molecule has 7 nitrogen and oxygen atoms in total. The van der Waals surface area contributed by atoms with Gasteiger partial charge in [-0.05, 0) is 60.0 Å². The maximum absolute atomic E-state index is 15.6. The van der Waals surface area contributed by atoms with Crippen molar-refractivity contribution in [3.63, 3.8) is 0 Å². The summed E-state index contributed by atoms with van der Waals surface area (Å²) < 4.78 is 126. The minimum absolute atomic E-state index is 0.0596. The zero-order valence-electron chi connectivity index (χ0n) is 26.2. The molecule has 0 N–H and O–H groups in total. The van der Waals surface area contributed by atoms with Gasteiger partial charge in [0.1, 0.15) is 39.7 Å². The molecular weight excluding hydrogens is 660 g/mol. The molecule has 0 bridgehead atoms. The van der Waals surface area contributed by atoms with Gasteiger partial charge in [-0.25, -0.2) is 30.9 Å². The van der Waals surface area contributed by atoms with E-state index in [2.05, 4.69) is 0 Å². The number of sulfonamides is 1. The molecule has 4 aromatic carbocycles. The largest absolute Gasteiger partial charge is 0.497 e. The number of halogens is 6. The molecule has 5 rings (SSSR count). The first-order valence-corrected chi connectivity index (χ1v) is 16.0. The number of methoxy groups -OCH3 is 2. The van der Waals surface area contributed by atoms with Crippen LogP contribution in [0.3, 0.4) is 0 Å². The Bertz CT molecular complexity index is 1850. The lowest BCUT2D eigenvalue weighted by molar-refractivity contribution is -0.137. The van der Waals surface area contributed by atoms with Crippen LogP contribution in [0.4, 0.5) is 26.3 Å². The van der Waals surface area contributed by atoms with Crippen molar-refractivity contribution < 1.29 is 44.2 Å². The predicted molar refractivity (Wildman–Crippen MR) is 167 cm³/mol. The molecule has 254 valence electrons. The van der Waals surface area contributed by atoms with Crippen LogP contribution in [0.1, 0.15) is 40.0 Å². The maximum Gasteiger partial charge on any atom is 0.416 e. The van der Waals surface area contributed by atoms with Gasteiger partial charge in [0.05, 0.1) is 25.3 Å². The number of hydrogen-bond donors (Lipinski definition) is 0. The molecule has 0 saturated carbocycles. The van der Waals surface area contributed by atoms with Gasteiger partial charge in [0, 0.05) is 32.3 Å². The van der Waals surface area contributed by atoms with E-state index in [1.165, 1.54) is 21.3 Å². The van der Waals surface area contributed by atoms with Crippen molar-refractivity contribution in [1.82, 2.24) is 9.21 Å². The van der Waals surface area contributed by atoms with Crippen LogP contribution in [0.15, 0.2) is 89.9 Å². The Morgan fingerprint density at radius 3 is 1.69 bits per heavy atom. The fraction of sp³-hybridized carbons (Fsp3) is 0.265. The lowest BCUT2D eigenvalue weighted by atomic mass is 9.84. The van der Waals surface area contributed by atoms with Crippen molar-refractivity contribution in [1.29, 1.82) is 0 Å². The van der Waals surface area contributed by atoms with Crippen LogP contribution in [0.5, 0.6) is 11.5 Å². The third-order valence-electron chi connectivity index (χ3n) is 8.21. The van der Waals surface area contributed by atoms with Crippen LogP contribution in [0.2, 0.25) is 0 Å². The zero-order chi connectivity index (χ0) is 35.0. The topological polar surface area (TPSA) is 71.4 Å². The van der Waals surface area contributed by atoms with Crippen LogP contribution in [0.25, 0.3) is 0 Å². The Morgan fingerprint density at radius 2 is 1.27 bits per heavy atom. The molecule has 1 aliphatic rings. The number of nitrogens with zero attached hydrogens (tertiary/aromatic N) is 3. The number of guanidine groups is 1. The highest BCUT2D eigenvalue weighted by Crippen LogP contribution is 2.50. The van der Waals surface area contributed by atoms with Crippen molar-refractivity contribution in [3.05, 3.63) is 130 Å². The van der Waals surface area contributed by atoms with E-state index in [1.54, 1.807) is 53.4 Å². The second kappa shape index (κ2) is 13.1. The average molecular weight is 692 g/mol. The molecule has 0 radical (unpaired) electrons. The second-order valence-electron chi connectivity index (χ2n) is 11.4. The fourth-order valence-corrected chi connectivity index (χ4v) is 7.78. The Balaban J connectivity index is 1.74. The van der Waals surface area contributed by atoms with Crippen molar-refractivity contribution in [3.8, 4) is 11.5 Å². The molecule has 0 aromatic heterocycles. The predicted octanol–water partition coefficient (Wildman–Crippen LogP) is 7.43. The normalized spacial score (nSPS) is 19.1. The van der Waals surface area contributed by atoms with Gasteiger partial charge in [0.25, 0.3) is 0 Å². The van der Waals surface area contributed by atoms with Crippen LogP contribution >= 0.6 is 0 Å². The Labute approximate surface area is 274 Å². The molecular formula is C34H31F6N3O4S. The Kier molecular flexibility index (Phi) is 9.42. The lowest BCUT2D eigenvalue weighted by Gasteiger charge is -2.45. The molecule has 2 atom stereocenters. The molecule has 0 fully saturated rings. The smallest absolute Gasteiger partial charge is 0.416 e. The average Bonchev–Trinajstić information content (AvgIpc) is 3.02. The highest BCUT2D eigenvalue weighted by molar-refractivity contribution is 7.90. The van der Waals surface area contributed by atoms with Crippen LogP contribution in [-0.2, 0) is 34.8 Å². The Morgan fingerprint density at radius 1 is 0.812 bits per heavy atom. The van der Waals surface area contributed by atoms with E-state index in [0.29, 0.717) is 46.9 Å². The Hall–Kier alpha value is -4.72. The van der Waals surface area contributed by atoms with E-state index in [-0.39, 0.29) is 24.6 Å². The summed E-state index contributed by atoms with van der Waals surface area (Å²) in [7, 11) is -0.479. The first-order valence-electron chi connectivity index (χ1n) is 14.5. The van der Waals surface area contributed by atoms with Crippen molar-refractivity contribution in [2.24, 2.45) is 4.99 Å². The summed E-state index contributed by atoms with van der Waals surface area (Å²) in [5.74, 6) is -3.13. The number of rotatable bonds is 8.